The van der Waals surface area contributed by atoms with Crippen molar-refractivity contribution in [2.24, 2.45) is 0 Å². The van der Waals surface area contributed by atoms with Crippen LogP contribution in [0, 0.1) is 6.92 Å². The van der Waals surface area contributed by atoms with Gasteiger partial charge in [-0.15, -0.1) is 11.3 Å². The van der Waals surface area contributed by atoms with E-state index in [1.54, 1.807) is 11.6 Å². The second-order valence-corrected chi connectivity index (χ2v) is 5.56. The Labute approximate surface area is 132 Å². The minimum atomic E-state index is -0.226. The van der Waals surface area contributed by atoms with Gasteiger partial charge in [-0.3, -0.25) is 4.79 Å². The standard InChI is InChI=1S/C16H14N4OS/c1-11-5-4-6-12(9-11)18-15(21)13-10-22-16(19-13)20-14-7-2-3-8-17-14/h2-10H,1H3,(H,18,21)(H,17,19,20). The maximum atomic E-state index is 12.2. The minimum absolute atomic E-state index is 0.226. The Balaban J connectivity index is 1.69. The van der Waals surface area contributed by atoms with Gasteiger partial charge in [0, 0.05) is 17.3 Å². The average Bonchev–Trinajstić information content (AvgIpc) is 2.97. The van der Waals surface area contributed by atoms with E-state index in [0.29, 0.717) is 16.6 Å². The highest BCUT2D eigenvalue weighted by Crippen LogP contribution is 2.20. The van der Waals surface area contributed by atoms with Crippen LogP contribution in [0.5, 0.6) is 0 Å². The molecule has 0 aliphatic heterocycles. The summed E-state index contributed by atoms with van der Waals surface area (Å²) in [6, 6.07) is 13.2. The van der Waals surface area contributed by atoms with Crippen LogP contribution in [0.3, 0.4) is 0 Å². The van der Waals surface area contributed by atoms with E-state index in [-0.39, 0.29) is 5.91 Å². The van der Waals surface area contributed by atoms with Crippen LogP contribution < -0.4 is 10.6 Å². The fraction of sp³-hybridized carbons (Fsp3) is 0.0625. The molecule has 3 rings (SSSR count). The number of thiazole rings is 1. The lowest BCUT2D eigenvalue weighted by Crippen LogP contribution is -2.12. The van der Waals surface area contributed by atoms with Crippen LogP contribution in [-0.2, 0) is 0 Å². The van der Waals surface area contributed by atoms with Gasteiger partial charge in [0.1, 0.15) is 11.5 Å². The molecule has 0 aliphatic rings. The first-order chi connectivity index (χ1) is 10.7. The van der Waals surface area contributed by atoms with Crippen molar-refractivity contribution < 1.29 is 4.79 Å². The molecule has 0 aliphatic carbocycles. The Hall–Kier alpha value is -2.73. The number of hydrogen-bond acceptors (Lipinski definition) is 5. The van der Waals surface area contributed by atoms with Crippen LogP contribution in [0.2, 0.25) is 0 Å². The zero-order chi connectivity index (χ0) is 15.4. The molecule has 2 N–H and O–H groups in total. The number of anilines is 3. The van der Waals surface area contributed by atoms with E-state index in [0.717, 1.165) is 11.3 Å². The molecule has 0 radical (unpaired) electrons. The van der Waals surface area contributed by atoms with E-state index in [1.807, 2.05) is 49.4 Å². The zero-order valence-corrected chi connectivity index (χ0v) is 12.7. The van der Waals surface area contributed by atoms with E-state index in [9.17, 15) is 4.79 Å². The maximum absolute atomic E-state index is 12.2. The lowest BCUT2D eigenvalue weighted by molar-refractivity contribution is 0.102. The molecule has 3 aromatic rings. The predicted octanol–water partition coefficient (Wildman–Crippen LogP) is 3.84. The third-order valence-electron chi connectivity index (χ3n) is 2.91. The predicted molar refractivity (Wildman–Crippen MR) is 88.8 cm³/mol. The Kier molecular flexibility index (Phi) is 4.11. The fourth-order valence-electron chi connectivity index (χ4n) is 1.90. The number of aromatic nitrogens is 2. The average molecular weight is 310 g/mol. The molecule has 0 atom stereocenters. The van der Waals surface area contributed by atoms with Crippen molar-refractivity contribution in [2.45, 2.75) is 6.92 Å². The SMILES string of the molecule is Cc1cccc(NC(=O)c2csc(Nc3ccccn3)n2)c1. The maximum Gasteiger partial charge on any atom is 0.275 e. The molecule has 1 aromatic carbocycles. The molecule has 2 aromatic heterocycles. The first-order valence-corrected chi connectivity index (χ1v) is 7.60. The Bertz CT molecular complexity index is 786. The molecule has 110 valence electrons. The molecule has 6 heteroatoms. The van der Waals surface area contributed by atoms with Gasteiger partial charge in [0.25, 0.3) is 5.91 Å². The summed E-state index contributed by atoms with van der Waals surface area (Å²) in [5.41, 5.74) is 2.23. The van der Waals surface area contributed by atoms with Gasteiger partial charge in [0.05, 0.1) is 0 Å². The van der Waals surface area contributed by atoms with Crippen LogP contribution in [0.4, 0.5) is 16.6 Å². The van der Waals surface area contributed by atoms with Crippen molar-refractivity contribution in [3.8, 4) is 0 Å². The molecule has 0 saturated heterocycles. The first kappa shape index (κ1) is 14.2. The number of aryl methyl sites for hydroxylation is 1. The molecule has 0 bridgehead atoms. The van der Waals surface area contributed by atoms with Gasteiger partial charge in [0.2, 0.25) is 0 Å². The smallest absolute Gasteiger partial charge is 0.275 e. The molecule has 2 heterocycles. The van der Waals surface area contributed by atoms with Crippen LogP contribution in [0.1, 0.15) is 16.1 Å². The second kappa shape index (κ2) is 6.36. The molecule has 0 spiro atoms. The number of nitrogens with one attached hydrogen (secondary N) is 2. The normalized spacial score (nSPS) is 10.2. The van der Waals surface area contributed by atoms with E-state index >= 15 is 0 Å². The quantitative estimate of drug-likeness (QED) is 0.768. The van der Waals surface area contributed by atoms with E-state index in [2.05, 4.69) is 20.6 Å². The molecule has 5 nitrogen and oxygen atoms in total. The van der Waals surface area contributed by atoms with Crippen LogP contribution in [-0.4, -0.2) is 15.9 Å². The summed E-state index contributed by atoms with van der Waals surface area (Å²) in [7, 11) is 0. The summed E-state index contributed by atoms with van der Waals surface area (Å²) >= 11 is 1.36. The van der Waals surface area contributed by atoms with Crippen molar-refractivity contribution in [1.29, 1.82) is 0 Å². The topological polar surface area (TPSA) is 66.9 Å². The molecule has 0 unspecified atom stereocenters. The highest BCUT2D eigenvalue weighted by molar-refractivity contribution is 7.14. The van der Waals surface area contributed by atoms with E-state index in [1.165, 1.54) is 11.3 Å². The van der Waals surface area contributed by atoms with Gasteiger partial charge < -0.3 is 10.6 Å². The van der Waals surface area contributed by atoms with Gasteiger partial charge >= 0.3 is 0 Å². The number of pyridine rings is 1. The molecule has 1 amide bonds. The molecule has 0 saturated carbocycles. The van der Waals surface area contributed by atoms with Gasteiger partial charge in [-0.25, -0.2) is 9.97 Å². The van der Waals surface area contributed by atoms with Crippen molar-refractivity contribution in [1.82, 2.24) is 9.97 Å². The highest BCUT2D eigenvalue weighted by atomic mass is 32.1. The Morgan fingerprint density at radius 1 is 1.18 bits per heavy atom. The summed E-state index contributed by atoms with van der Waals surface area (Å²) in [6.45, 7) is 1.98. The van der Waals surface area contributed by atoms with Crippen molar-refractivity contribution in [3.63, 3.8) is 0 Å². The van der Waals surface area contributed by atoms with Crippen LogP contribution in [0.25, 0.3) is 0 Å². The van der Waals surface area contributed by atoms with Gasteiger partial charge in [-0.2, -0.15) is 0 Å². The number of hydrogen-bond donors (Lipinski definition) is 2. The molecule has 0 fully saturated rings. The lowest BCUT2D eigenvalue weighted by atomic mass is 10.2. The van der Waals surface area contributed by atoms with Crippen molar-refractivity contribution >= 4 is 33.9 Å². The molecular formula is C16H14N4OS. The van der Waals surface area contributed by atoms with Crippen molar-refractivity contribution in [2.75, 3.05) is 10.6 Å². The second-order valence-electron chi connectivity index (χ2n) is 4.70. The summed E-state index contributed by atoms with van der Waals surface area (Å²) in [5, 5.41) is 8.26. The number of carbonyl (C=O) groups excluding carboxylic acids is 1. The number of rotatable bonds is 4. The third kappa shape index (κ3) is 3.48. The van der Waals surface area contributed by atoms with Gasteiger partial charge in [0.15, 0.2) is 5.13 Å². The van der Waals surface area contributed by atoms with Crippen LogP contribution in [0.15, 0.2) is 54.0 Å². The summed E-state index contributed by atoms with van der Waals surface area (Å²) in [5.74, 6) is 0.471. The summed E-state index contributed by atoms with van der Waals surface area (Å²) in [6.07, 6.45) is 1.70. The largest absolute Gasteiger partial charge is 0.321 e. The fourth-order valence-corrected chi connectivity index (χ4v) is 2.60. The minimum Gasteiger partial charge on any atom is -0.321 e. The Morgan fingerprint density at radius 3 is 2.86 bits per heavy atom. The summed E-state index contributed by atoms with van der Waals surface area (Å²) in [4.78, 5) is 20.6. The monoisotopic (exact) mass is 310 g/mol. The highest BCUT2D eigenvalue weighted by Gasteiger charge is 2.11. The van der Waals surface area contributed by atoms with Gasteiger partial charge in [-0.1, -0.05) is 18.2 Å². The molecular weight excluding hydrogens is 296 g/mol. The summed E-state index contributed by atoms with van der Waals surface area (Å²) < 4.78 is 0. The number of carbonyl (C=O) groups is 1. The lowest BCUT2D eigenvalue weighted by Gasteiger charge is -2.04. The number of benzene rings is 1. The first-order valence-electron chi connectivity index (χ1n) is 6.72. The number of amides is 1. The zero-order valence-electron chi connectivity index (χ0n) is 11.9. The van der Waals surface area contributed by atoms with Gasteiger partial charge in [-0.05, 0) is 36.8 Å². The third-order valence-corrected chi connectivity index (χ3v) is 3.67. The van der Waals surface area contributed by atoms with E-state index in [4.69, 9.17) is 0 Å². The van der Waals surface area contributed by atoms with Crippen LogP contribution >= 0.6 is 11.3 Å². The van der Waals surface area contributed by atoms with Crippen molar-refractivity contribution in [3.05, 3.63) is 65.3 Å². The Morgan fingerprint density at radius 2 is 2.09 bits per heavy atom. The van der Waals surface area contributed by atoms with E-state index < -0.39 is 0 Å². The number of nitrogens with zero attached hydrogens (tertiary/aromatic N) is 2. The molecule has 22 heavy (non-hydrogen) atoms.